The van der Waals surface area contributed by atoms with Gasteiger partial charge in [0.05, 0.1) is 11.1 Å². The van der Waals surface area contributed by atoms with Crippen molar-refractivity contribution in [3.63, 3.8) is 0 Å². The first-order valence-electron chi connectivity index (χ1n) is 22.0. The fourth-order valence-electron chi connectivity index (χ4n) is 9.41. The van der Waals surface area contributed by atoms with Crippen LogP contribution in [0.15, 0.2) is 273 Å². The molecule has 0 fully saturated rings. The maximum atomic E-state index is 2.41. The van der Waals surface area contributed by atoms with Crippen molar-refractivity contribution < 1.29 is 0 Å². The largest absolute Gasteiger partial charge is 0.345 e. The number of hydrogen-bond donors (Lipinski definition) is 0. The van der Waals surface area contributed by atoms with Gasteiger partial charge >= 0.3 is 0 Å². The molecule has 64 heavy (non-hydrogen) atoms. The van der Waals surface area contributed by atoms with E-state index in [1.54, 1.807) is 0 Å². The fourth-order valence-corrected chi connectivity index (χ4v) is 9.41. The molecule has 306 valence electrons. The van der Waals surface area contributed by atoms with Gasteiger partial charge in [-0.25, -0.2) is 0 Å². The van der Waals surface area contributed by atoms with Gasteiger partial charge < -0.3 is 9.80 Å². The summed E-state index contributed by atoms with van der Waals surface area (Å²) in [4.78, 5) is 4.60. The van der Waals surface area contributed by atoms with Gasteiger partial charge in [0.15, 0.2) is 0 Å². The Labute approximate surface area is 377 Å². The third-order valence-corrected chi connectivity index (χ3v) is 12.5. The smallest absolute Gasteiger partial charge is 0.0714 e. The highest BCUT2D eigenvalue weighted by Gasteiger charge is 2.47. The van der Waals surface area contributed by atoms with E-state index in [9.17, 15) is 0 Å². The first-order chi connectivity index (χ1) is 31.7. The lowest BCUT2D eigenvalue weighted by Gasteiger charge is -2.34. The zero-order valence-electron chi connectivity index (χ0n) is 35.9. The Morgan fingerprint density at radius 1 is 0.281 bits per heavy atom. The van der Waals surface area contributed by atoms with Crippen molar-refractivity contribution in [2.45, 2.75) is 5.41 Å². The van der Waals surface area contributed by atoms with Crippen LogP contribution in [-0.2, 0) is 5.41 Å². The number of fused-ring (bicyclic) bond motifs is 3. The Balaban J connectivity index is 0.000000202. The van der Waals surface area contributed by atoms with E-state index in [4.69, 9.17) is 0 Å². The van der Waals surface area contributed by atoms with Crippen LogP contribution >= 0.6 is 0 Å². The molecule has 0 N–H and O–H groups in total. The molecule has 0 bridgehead atoms. The van der Waals surface area contributed by atoms with E-state index < -0.39 is 5.41 Å². The van der Waals surface area contributed by atoms with Crippen LogP contribution < -0.4 is 9.80 Å². The first-order valence-corrected chi connectivity index (χ1v) is 22.0. The quantitative estimate of drug-likeness (QED) is 0.143. The second-order valence-corrected chi connectivity index (χ2v) is 16.1. The van der Waals surface area contributed by atoms with Crippen molar-refractivity contribution in [2.75, 3.05) is 16.8 Å². The van der Waals surface area contributed by atoms with E-state index in [0.29, 0.717) is 0 Å². The van der Waals surface area contributed by atoms with Crippen LogP contribution in [0.3, 0.4) is 0 Å². The van der Waals surface area contributed by atoms with Crippen LogP contribution in [-0.4, -0.2) is 7.05 Å². The van der Waals surface area contributed by atoms with Gasteiger partial charge in [0.25, 0.3) is 0 Å². The molecule has 2 nitrogen and oxygen atoms in total. The van der Waals surface area contributed by atoms with Crippen molar-refractivity contribution in [1.29, 1.82) is 0 Å². The van der Waals surface area contributed by atoms with Gasteiger partial charge in [-0.3, -0.25) is 0 Å². The predicted octanol–water partition coefficient (Wildman–Crippen LogP) is 16.3. The number of hydrogen-bond acceptors (Lipinski definition) is 2. The minimum atomic E-state index is -0.440. The summed E-state index contributed by atoms with van der Waals surface area (Å²) in [6.07, 6.45) is 0. The van der Waals surface area contributed by atoms with Crippen molar-refractivity contribution in [2.24, 2.45) is 0 Å². The molecule has 0 unspecified atom stereocenters. The van der Waals surface area contributed by atoms with Gasteiger partial charge in [-0.15, -0.1) is 0 Å². The van der Waals surface area contributed by atoms with Crippen LogP contribution in [0.2, 0.25) is 0 Å². The van der Waals surface area contributed by atoms with Crippen molar-refractivity contribution in [3.8, 4) is 33.4 Å². The maximum Gasteiger partial charge on any atom is 0.0714 e. The summed E-state index contributed by atoms with van der Waals surface area (Å²) >= 11 is 0. The number of rotatable bonds is 9. The highest BCUT2D eigenvalue weighted by Crippen LogP contribution is 2.59. The van der Waals surface area contributed by atoms with E-state index in [0.717, 1.165) is 11.4 Å². The Morgan fingerprint density at radius 3 is 1.16 bits per heavy atom. The fraction of sp³-hybridized carbons (Fsp3) is 0.0323. The zero-order valence-corrected chi connectivity index (χ0v) is 35.9. The van der Waals surface area contributed by atoms with Crippen molar-refractivity contribution >= 4 is 28.4 Å². The predicted molar refractivity (Wildman–Crippen MR) is 270 cm³/mol. The molecule has 0 saturated carbocycles. The van der Waals surface area contributed by atoms with E-state index in [1.165, 1.54) is 72.7 Å². The molecule has 0 heterocycles. The highest BCUT2D eigenvalue weighted by molar-refractivity contribution is 5.97. The maximum absolute atomic E-state index is 2.41. The molecule has 1 aliphatic rings. The molecule has 10 aromatic rings. The van der Waals surface area contributed by atoms with Gasteiger partial charge in [-0.05, 0) is 105 Å². The second-order valence-electron chi connectivity index (χ2n) is 16.1. The minimum absolute atomic E-state index is 0.440. The summed E-state index contributed by atoms with van der Waals surface area (Å²) < 4.78 is 0. The summed E-state index contributed by atoms with van der Waals surface area (Å²) in [5.41, 5.74) is 18.0. The first kappa shape index (κ1) is 39.9. The highest BCUT2D eigenvalue weighted by atomic mass is 15.1. The molecule has 0 spiro atoms. The van der Waals surface area contributed by atoms with Gasteiger partial charge in [0.1, 0.15) is 0 Å². The van der Waals surface area contributed by atoms with Crippen molar-refractivity contribution in [1.82, 2.24) is 0 Å². The molecule has 0 atom stereocenters. The standard InChI is InChI=1S/C43H31N.C19H17N/c1-5-16-32(17-6-1)33-28-30-37(31-29-33)44(36-22-11-4-12-23-36)41-27-15-26-40-42(41)38-24-13-14-25-39(38)43(40,34-18-7-2-8-19-34)35-20-9-3-10-21-35;1-20(18-10-6-3-7-11-18)19-14-12-17(13-15-19)16-8-4-2-5-9-16/h1-31H;2-15H,1H3. The van der Waals surface area contributed by atoms with E-state index >= 15 is 0 Å². The van der Waals surface area contributed by atoms with E-state index in [1.807, 2.05) is 12.1 Å². The van der Waals surface area contributed by atoms with Crippen LogP contribution in [0.5, 0.6) is 0 Å². The van der Waals surface area contributed by atoms with Crippen LogP contribution in [0, 0.1) is 0 Å². The molecule has 0 radical (unpaired) electrons. The molecule has 11 rings (SSSR count). The molecule has 0 saturated heterocycles. The summed E-state index contributed by atoms with van der Waals surface area (Å²) in [6, 6.07) is 97.6. The average molecular weight is 821 g/mol. The molecule has 2 heteroatoms. The number of nitrogens with zero attached hydrogens (tertiary/aromatic N) is 2. The monoisotopic (exact) mass is 820 g/mol. The van der Waals surface area contributed by atoms with Crippen molar-refractivity contribution in [3.05, 3.63) is 295 Å². The number of para-hydroxylation sites is 2. The SMILES string of the molecule is CN(c1ccccc1)c1ccc(-c2ccccc2)cc1.c1ccc(-c2ccc(N(c3ccccc3)c3cccc4c3-c3ccccc3C4(c3ccccc3)c3ccccc3)cc2)cc1. The summed E-state index contributed by atoms with van der Waals surface area (Å²) in [5.74, 6) is 0. The molecular formula is C62H48N2. The third-order valence-electron chi connectivity index (χ3n) is 12.5. The van der Waals surface area contributed by atoms with Gasteiger partial charge in [-0.1, -0.05) is 218 Å². The van der Waals surface area contributed by atoms with Crippen LogP contribution in [0.1, 0.15) is 22.3 Å². The van der Waals surface area contributed by atoms with E-state index in [2.05, 4.69) is 278 Å². The third kappa shape index (κ3) is 7.57. The lowest BCUT2D eigenvalue weighted by Crippen LogP contribution is -2.28. The van der Waals surface area contributed by atoms with E-state index in [-0.39, 0.29) is 0 Å². The molecule has 1 aliphatic carbocycles. The zero-order chi connectivity index (χ0) is 43.1. The Kier molecular flexibility index (Phi) is 11.2. The summed E-state index contributed by atoms with van der Waals surface area (Å²) in [5, 5.41) is 0. The molecule has 10 aromatic carbocycles. The van der Waals surface area contributed by atoms with Crippen LogP contribution in [0.4, 0.5) is 28.4 Å². The van der Waals surface area contributed by atoms with Gasteiger partial charge in [-0.2, -0.15) is 0 Å². The normalized spacial score (nSPS) is 12.0. The lowest BCUT2D eigenvalue weighted by atomic mass is 9.68. The Bertz CT molecular complexity index is 3020. The molecule has 0 amide bonds. The molecule has 0 aliphatic heterocycles. The Morgan fingerprint density at radius 2 is 0.641 bits per heavy atom. The summed E-state index contributed by atoms with van der Waals surface area (Å²) in [6.45, 7) is 0. The average Bonchev–Trinajstić information content (AvgIpc) is 3.70. The number of benzene rings is 10. The van der Waals surface area contributed by atoms with Gasteiger partial charge in [0, 0.05) is 35.4 Å². The lowest BCUT2D eigenvalue weighted by molar-refractivity contribution is 0.768. The second kappa shape index (κ2) is 18.0. The Hall–Kier alpha value is -8.20. The number of anilines is 5. The van der Waals surface area contributed by atoms with Gasteiger partial charge in [0.2, 0.25) is 0 Å². The van der Waals surface area contributed by atoms with Crippen LogP contribution in [0.25, 0.3) is 33.4 Å². The topological polar surface area (TPSA) is 6.48 Å². The molecule has 0 aromatic heterocycles. The summed E-state index contributed by atoms with van der Waals surface area (Å²) in [7, 11) is 2.09. The molecular weight excluding hydrogens is 773 g/mol. The minimum Gasteiger partial charge on any atom is -0.345 e.